The van der Waals surface area contributed by atoms with Crippen LogP contribution in [0.2, 0.25) is 0 Å². The second-order valence-corrected chi connectivity index (χ2v) is 5.24. The molecule has 0 saturated heterocycles. The van der Waals surface area contributed by atoms with Gasteiger partial charge in [0, 0.05) is 18.3 Å². The molecule has 0 aliphatic heterocycles. The summed E-state index contributed by atoms with van der Waals surface area (Å²) in [6, 6.07) is 7.35. The maximum Gasteiger partial charge on any atom is 0.257 e. The first-order chi connectivity index (χ1) is 9.65. The maximum absolute atomic E-state index is 12.6. The van der Waals surface area contributed by atoms with Gasteiger partial charge < -0.3 is 10.0 Å². The zero-order valence-corrected chi connectivity index (χ0v) is 11.3. The van der Waals surface area contributed by atoms with Crippen molar-refractivity contribution in [3.63, 3.8) is 0 Å². The number of benzene rings is 1. The summed E-state index contributed by atoms with van der Waals surface area (Å²) >= 11 is 0. The summed E-state index contributed by atoms with van der Waals surface area (Å²) in [5, 5.41) is 16.2. The SMILES string of the molecule is Cc1[nH]ncc1C(=O)N(Cc1cccc(O)c1)C1CC1. The van der Waals surface area contributed by atoms with Crippen LogP contribution >= 0.6 is 0 Å². The molecule has 0 unspecified atom stereocenters. The van der Waals surface area contributed by atoms with Gasteiger partial charge >= 0.3 is 0 Å². The normalized spacial score (nSPS) is 14.2. The zero-order valence-electron chi connectivity index (χ0n) is 11.3. The lowest BCUT2D eigenvalue weighted by Crippen LogP contribution is -2.32. The monoisotopic (exact) mass is 271 g/mol. The van der Waals surface area contributed by atoms with Crippen molar-refractivity contribution in [3.05, 3.63) is 47.3 Å². The number of hydrogen-bond donors (Lipinski definition) is 2. The number of nitrogens with one attached hydrogen (secondary N) is 1. The topological polar surface area (TPSA) is 69.2 Å². The maximum atomic E-state index is 12.6. The first-order valence-corrected chi connectivity index (χ1v) is 6.74. The number of aromatic amines is 1. The number of hydrogen-bond acceptors (Lipinski definition) is 3. The van der Waals surface area contributed by atoms with Gasteiger partial charge in [-0.2, -0.15) is 5.10 Å². The highest BCUT2D eigenvalue weighted by Crippen LogP contribution is 2.30. The van der Waals surface area contributed by atoms with Crippen molar-refractivity contribution in [1.82, 2.24) is 15.1 Å². The molecule has 5 nitrogen and oxygen atoms in total. The van der Waals surface area contributed by atoms with Crippen LogP contribution < -0.4 is 0 Å². The third kappa shape index (κ3) is 2.52. The fourth-order valence-corrected chi connectivity index (χ4v) is 2.33. The Balaban J connectivity index is 1.83. The summed E-state index contributed by atoms with van der Waals surface area (Å²) in [5.41, 5.74) is 2.35. The summed E-state index contributed by atoms with van der Waals surface area (Å²) in [7, 11) is 0. The highest BCUT2D eigenvalue weighted by atomic mass is 16.3. The number of phenols is 1. The van der Waals surface area contributed by atoms with Gasteiger partial charge in [0.1, 0.15) is 5.75 Å². The lowest BCUT2D eigenvalue weighted by molar-refractivity contribution is 0.0729. The minimum Gasteiger partial charge on any atom is -0.508 e. The van der Waals surface area contributed by atoms with Gasteiger partial charge in [-0.25, -0.2) is 0 Å². The van der Waals surface area contributed by atoms with E-state index in [-0.39, 0.29) is 11.7 Å². The van der Waals surface area contributed by atoms with Crippen LogP contribution in [0, 0.1) is 6.92 Å². The molecule has 0 spiro atoms. The Morgan fingerprint density at radius 1 is 1.50 bits per heavy atom. The van der Waals surface area contributed by atoms with Gasteiger partial charge in [-0.05, 0) is 37.5 Å². The molecular formula is C15H17N3O2. The van der Waals surface area contributed by atoms with Crippen LogP contribution in [0.3, 0.4) is 0 Å². The largest absolute Gasteiger partial charge is 0.508 e. The smallest absolute Gasteiger partial charge is 0.257 e. The van der Waals surface area contributed by atoms with Gasteiger partial charge in [0.05, 0.1) is 11.8 Å². The van der Waals surface area contributed by atoms with Gasteiger partial charge in [0.2, 0.25) is 0 Å². The molecule has 1 aliphatic carbocycles. The molecule has 1 aromatic heterocycles. The number of aryl methyl sites for hydroxylation is 1. The number of nitrogens with zero attached hydrogens (tertiary/aromatic N) is 2. The van der Waals surface area contributed by atoms with E-state index in [2.05, 4.69) is 10.2 Å². The van der Waals surface area contributed by atoms with Crippen molar-refractivity contribution in [1.29, 1.82) is 0 Å². The molecule has 104 valence electrons. The summed E-state index contributed by atoms with van der Waals surface area (Å²) in [4.78, 5) is 14.5. The Kier molecular flexibility index (Phi) is 3.18. The van der Waals surface area contributed by atoms with E-state index in [1.165, 1.54) is 0 Å². The summed E-state index contributed by atoms with van der Waals surface area (Å²) in [6.45, 7) is 2.36. The van der Waals surface area contributed by atoms with Gasteiger partial charge in [-0.3, -0.25) is 9.89 Å². The van der Waals surface area contributed by atoms with E-state index >= 15 is 0 Å². The average Bonchev–Trinajstić information content (AvgIpc) is 3.17. The lowest BCUT2D eigenvalue weighted by Gasteiger charge is -2.22. The van der Waals surface area contributed by atoms with Crippen molar-refractivity contribution < 1.29 is 9.90 Å². The molecule has 2 N–H and O–H groups in total. The van der Waals surface area contributed by atoms with Crippen LogP contribution in [0.5, 0.6) is 5.75 Å². The Morgan fingerprint density at radius 3 is 2.90 bits per heavy atom. The van der Waals surface area contributed by atoms with Crippen LogP contribution in [-0.4, -0.2) is 32.2 Å². The van der Waals surface area contributed by atoms with Crippen LogP contribution in [0.1, 0.15) is 34.5 Å². The number of H-pyrrole nitrogens is 1. The van der Waals surface area contributed by atoms with Crippen molar-refractivity contribution in [2.24, 2.45) is 0 Å². The third-order valence-corrected chi connectivity index (χ3v) is 3.57. The van der Waals surface area contributed by atoms with Crippen LogP contribution in [0.15, 0.2) is 30.5 Å². The van der Waals surface area contributed by atoms with E-state index < -0.39 is 0 Å². The molecule has 1 heterocycles. The Labute approximate surface area is 117 Å². The molecule has 1 fully saturated rings. The van der Waals surface area contributed by atoms with Crippen molar-refractivity contribution in [3.8, 4) is 5.75 Å². The number of phenolic OH excluding ortho intramolecular Hbond substituents is 1. The highest BCUT2D eigenvalue weighted by Gasteiger charge is 2.33. The fourth-order valence-electron chi connectivity index (χ4n) is 2.33. The van der Waals surface area contributed by atoms with E-state index in [0.29, 0.717) is 18.2 Å². The Morgan fingerprint density at radius 2 is 2.30 bits per heavy atom. The molecule has 1 aliphatic rings. The zero-order chi connectivity index (χ0) is 14.1. The molecular weight excluding hydrogens is 254 g/mol. The Hall–Kier alpha value is -2.30. The summed E-state index contributed by atoms with van der Waals surface area (Å²) in [5.74, 6) is 0.229. The van der Waals surface area contributed by atoms with Gasteiger partial charge in [-0.1, -0.05) is 12.1 Å². The number of carbonyl (C=O) groups excluding carboxylic acids is 1. The molecule has 1 saturated carbocycles. The molecule has 1 aromatic carbocycles. The summed E-state index contributed by atoms with van der Waals surface area (Å²) in [6.07, 6.45) is 3.67. The van der Waals surface area contributed by atoms with Gasteiger partial charge in [0.15, 0.2) is 0 Å². The molecule has 20 heavy (non-hydrogen) atoms. The van der Waals surface area contributed by atoms with Crippen LogP contribution in [-0.2, 0) is 6.54 Å². The summed E-state index contributed by atoms with van der Waals surface area (Å²) < 4.78 is 0. The van der Waals surface area contributed by atoms with Crippen molar-refractivity contribution in [2.45, 2.75) is 32.4 Å². The van der Waals surface area contributed by atoms with Crippen molar-refractivity contribution in [2.75, 3.05) is 0 Å². The van der Waals surface area contributed by atoms with E-state index in [0.717, 1.165) is 24.1 Å². The fraction of sp³-hybridized carbons (Fsp3) is 0.333. The van der Waals surface area contributed by atoms with E-state index in [1.54, 1.807) is 24.4 Å². The van der Waals surface area contributed by atoms with E-state index in [4.69, 9.17) is 0 Å². The predicted molar refractivity (Wildman–Crippen MR) is 74.3 cm³/mol. The molecule has 0 radical (unpaired) electrons. The minimum atomic E-state index is 0.00194. The first-order valence-electron chi connectivity index (χ1n) is 6.74. The van der Waals surface area contributed by atoms with E-state index in [1.807, 2.05) is 17.9 Å². The number of aromatic nitrogens is 2. The minimum absolute atomic E-state index is 0.00194. The molecule has 0 atom stereocenters. The van der Waals surface area contributed by atoms with Crippen molar-refractivity contribution >= 4 is 5.91 Å². The number of aromatic hydroxyl groups is 1. The molecule has 5 heteroatoms. The quantitative estimate of drug-likeness (QED) is 0.896. The van der Waals surface area contributed by atoms with E-state index in [9.17, 15) is 9.90 Å². The van der Waals surface area contributed by atoms with Gasteiger partial charge in [-0.15, -0.1) is 0 Å². The molecule has 2 aromatic rings. The highest BCUT2D eigenvalue weighted by molar-refractivity contribution is 5.95. The predicted octanol–water partition coefficient (Wildman–Crippen LogP) is 2.23. The molecule has 0 bridgehead atoms. The van der Waals surface area contributed by atoms with Crippen LogP contribution in [0.4, 0.5) is 0 Å². The molecule has 1 amide bonds. The average molecular weight is 271 g/mol. The number of rotatable bonds is 4. The second-order valence-electron chi connectivity index (χ2n) is 5.24. The lowest BCUT2D eigenvalue weighted by atomic mass is 10.1. The van der Waals surface area contributed by atoms with Crippen LogP contribution in [0.25, 0.3) is 0 Å². The third-order valence-electron chi connectivity index (χ3n) is 3.57. The number of carbonyl (C=O) groups is 1. The molecule has 3 rings (SSSR count). The standard InChI is InChI=1S/C15H17N3O2/c1-10-14(8-16-17-10)15(20)18(12-5-6-12)9-11-3-2-4-13(19)7-11/h2-4,7-8,12,19H,5-6,9H2,1H3,(H,16,17). The number of amides is 1. The van der Waals surface area contributed by atoms with Gasteiger partial charge in [0.25, 0.3) is 5.91 Å². The second kappa shape index (κ2) is 5.00. The Bertz CT molecular complexity index is 632. The first kappa shape index (κ1) is 12.7.